The third-order valence-electron chi connectivity index (χ3n) is 6.83. The molecule has 4 aromatic carbocycles. The predicted molar refractivity (Wildman–Crippen MR) is 159 cm³/mol. The zero-order valence-corrected chi connectivity index (χ0v) is 21.1. The van der Waals surface area contributed by atoms with Gasteiger partial charge in [-0.3, -0.25) is 0 Å². The van der Waals surface area contributed by atoms with E-state index in [4.69, 9.17) is 16.6 Å². The van der Waals surface area contributed by atoms with Crippen LogP contribution in [0.25, 0.3) is 45.0 Å². The molecule has 0 unspecified atom stereocenters. The van der Waals surface area contributed by atoms with Crippen molar-refractivity contribution in [3.63, 3.8) is 0 Å². The van der Waals surface area contributed by atoms with Crippen LogP contribution in [0.4, 0.5) is 0 Å². The van der Waals surface area contributed by atoms with Crippen molar-refractivity contribution in [3.8, 4) is 45.0 Å². The molecule has 0 fully saturated rings. The van der Waals surface area contributed by atoms with Crippen LogP contribution in [0.5, 0.6) is 0 Å². The fourth-order valence-electron chi connectivity index (χ4n) is 4.69. The molecule has 0 atom stereocenters. The van der Waals surface area contributed by atoms with Gasteiger partial charge in [-0.1, -0.05) is 95.9 Å². The Morgan fingerprint density at radius 3 is 1.57 bits per heavy atom. The van der Waals surface area contributed by atoms with Gasteiger partial charge in [-0.2, -0.15) is 9.97 Å². The van der Waals surface area contributed by atoms with Crippen LogP contribution in [0.3, 0.4) is 0 Å². The van der Waals surface area contributed by atoms with Gasteiger partial charge in [0.05, 0.1) is 0 Å². The second-order valence-corrected chi connectivity index (χ2v) is 9.12. The van der Waals surface area contributed by atoms with Crippen molar-refractivity contribution in [1.82, 2.24) is 15.0 Å². The number of benzene rings is 4. The number of aromatic nitrogens is 3. The van der Waals surface area contributed by atoms with Gasteiger partial charge in [0, 0.05) is 11.1 Å². The Kier molecular flexibility index (Phi) is 6.36. The fraction of sp³-hybridized carbons (Fsp3) is 0. The average Bonchev–Trinajstić information content (AvgIpc) is 2.90. The summed E-state index contributed by atoms with van der Waals surface area (Å²) in [4.78, 5) is 14.2. The molecule has 1 aromatic heterocycles. The molecular formula is C27H22B4ClN3. The highest BCUT2D eigenvalue weighted by Gasteiger charge is 2.21. The Morgan fingerprint density at radius 1 is 0.457 bits per heavy atom. The molecule has 8 heteroatoms. The van der Waals surface area contributed by atoms with Gasteiger partial charge in [-0.25, -0.2) is 4.98 Å². The molecule has 5 aromatic rings. The lowest BCUT2D eigenvalue weighted by atomic mass is 9.62. The molecule has 0 aliphatic rings. The van der Waals surface area contributed by atoms with E-state index in [1.54, 1.807) is 0 Å². The number of hydrogen-bond acceptors (Lipinski definition) is 3. The van der Waals surface area contributed by atoms with Crippen molar-refractivity contribution in [3.05, 3.63) is 90.2 Å². The minimum absolute atomic E-state index is 0.183. The minimum Gasteiger partial charge on any atom is -0.208 e. The monoisotopic (exact) mass is 467 g/mol. The topological polar surface area (TPSA) is 38.7 Å². The van der Waals surface area contributed by atoms with Gasteiger partial charge < -0.3 is 0 Å². The summed E-state index contributed by atoms with van der Waals surface area (Å²) < 4.78 is 0. The maximum atomic E-state index is 6.55. The molecule has 0 radical (unpaired) electrons. The quantitative estimate of drug-likeness (QED) is 0.356. The molecule has 0 N–H and O–H groups in total. The van der Waals surface area contributed by atoms with Gasteiger partial charge in [-0.05, 0) is 33.9 Å². The van der Waals surface area contributed by atoms with Crippen molar-refractivity contribution < 1.29 is 0 Å². The first-order chi connectivity index (χ1) is 17.0. The van der Waals surface area contributed by atoms with E-state index < -0.39 is 0 Å². The van der Waals surface area contributed by atoms with Crippen LogP contribution < -0.4 is 21.9 Å². The average molecular weight is 467 g/mol. The first kappa shape index (κ1) is 23.2. The van der Waals surface area contributed by atoms with E-state index in [1.165, 1.54) is 16.4 Å². The third-order valence-corrected chi connectivity index (χ3v) is 7.00. The maximum Gasteiger partial charge on any atom is 0.226 e. The molecule has 1 heterocycles. The van der Waals surface area contributed by atoms with E-state index in [9.17, 15) is 0 Å². The molecule has 0 amide bonds. The SMILES string of the molecule is Bc1c(B)c(B)c(-c2nc(Cl)nc(-c3ccccc3-c3ccccc3)n2)c(-c2ccccc2)c1B. The van der Waals surface area contributed by atoms with Crippen LogP contribution in [0, 0.1) is 0 Å². The van der Waals surface area contributed by atoms with Crippen LogP contribution in [0.2, 0.25) is 5.28 Å². The van der Waals surface area contributed by atoms with Gasteiger partial charge in [0.25, 0.3) is 0 Å². The van der Waals surface area contributed by atoms with Gasteiger partial charge in [-0.15, -0.1) is 10.9 Å². The molecular weight excluding hydrogens is 445 g/mol. The Hall–Kier alpha value is -3.56. The van der Waals surface area contributed by atoms with E-state index in [2.05, 4.69) is 83.8 Å². The number of rotatable bonds is 4. The largest absolute Gasteiger partial charge is 0.226 e. The van der Waals surface area contributed by atoms with Gasteiger partial charge in [0.2, 0.25) is 5.28 Å². The second kappa shape index (κ2) is 9.59. The predicted octanol–water partition coefficient (Wildman–Crippen LogP) is 0.227. The molecule has 0 aliphatic heterocycles. The van der Waals surface area contributed by atoms with Crippen molar-refractivity contribution in [2.75, 3.05) is 0 Å². The van der Waals surface area contributed by atoms with Crippen LogP contribution in [0.1, 0.15) is 0 Å². The summed E-state index contributed by atoms with van der Waals surface area (Å²) in [6.45, 7) is 0. The maximum absolute atomic E-state index is 6.55. The lowest BCUT2D eigenvalue weighted by molar-refractivity contribution is 1.07. The molecule has 3 nitrogen and oxygen atoms in total. The van der Waals surface area contributed by atoms with E-state index in [0.717, 1.165) is 38.8 Å². The van der Waals surface area contributed by atoms with E-state index in [-0.39, 0.29) is 5.28 Å². The third kappa shape index (κ3) is 4.33. The first-order valence-corrected chi connectivity index (χ1v) is 12.1. The minimum atomic E-state index is 0.183. The van der Waals surface area contributed by atoms with Crippen molar-refractivity contribution >= 4 is 64.8 Å². The Balaban J connectivity index is 1.78. The van der Waals surface area contributed by atoms with Gasteiger partial charge >= 0.3 is 0 Å². The summed E-state index contributed by atoms with van der Waals surface area (Å²) >= 11 is 6.55. The van der Waals surface area contributed by atoms with E-state index >= 15 is 0 Å². The summed E-state index contributed by atoms with van der Waals surface area (Å²) in [5.41, 5.74) is 11.2. The van der Waals surface area contributed by atoms with Gasteiger partial charge in [0.1, 0.15) is 31.4 Å². The Bertz CT molecular complexity index is 1540. The Labute approximate surface area is 214 Å². The summed E-state index contributed by atoms with van der Waals surface area (Å²) in [6.07, 6.45) is 0. The smallest absolute Gasteiger partial charge is 0.208 e. The summed E-state index contributed by atoms with van der Waals surface area (Å²) in [5, 5.41) is 0.183. The standard InChI is InChI=1S/C27H22B4ClN3/c28-21-19(16-11-5-2-6-12-16)20(22(29)24(31)23(21)30)26-33-25(34-27(32)35-26)18-14-8-7-13-17(18)15-9-3-1-4-10-15/h1-14H,28-31H2. The molecule has 0 aliphatic carbocycles. The molecule has 0 bridgehead atoms. The molecule has 0 spiro atoms. The molecule has 0 saturated heterocycles. The van der Waals surface area contributed by atoms with Crippen LogP contribution in [0.15, 0.2) is 84.9 Å². The van der Waals surface area contributed by atoms with Crippen molar-refractivity contribution in [2.45, 2.75) is 0 Å². The van der Waals surface area contributed by atoms with E-state index in [1.807, 2.05) is 42.5 Å². The lowest BCUT2D eigenvalue weighted by Gasteiger charge is -2.22. The molecule has 0 saturated carbocycles. The summed E-state index contributed by atoms with van der Waals surface area (Å²) in [7, 11) is 8.64. The van der Waals surface area contributed by atoms with Crippen LogP contribution >= 0.6 is 11.6 Å². The Morgan fingerprint density at radius 2 is 0.943 bits per heavy atom. The summed E-state index contributed by atoms with van der Waals surface area (Å²) in [5.74, 6) is 1.15. The first-order valence-electron chi connectivity index (χ1n) is 11.7. The normalized spacial score (nSPS) is 10.9. The fourth-order valence-corrected chi connectivity index (χ4v) is 4.85. The van der Waals surface area contributed by atoms with Crippen LogP contribution in [-0.2, 0) is 0 Å². The number of halogens is 1. The highest BCUT2D eigenvalue weighted by Crippen LogP contribution is 2.32. The van der Waals surface area contributed by atoms with Gasteiger partial charge in [0.15, 0.2) is 11.6 Å². The summed E-state index contributed by atoms with van der Waals surface area (Å²) in [6, 6.07) is 28.8. The molecule has 35 heavy (non-hydrogen) atoms. The van der Waals surface area contributed by atoms with E-state index in [0.29, 0.717) is 11.6 Å². The van der Waals surface area contributed by atoms with Crippen molar-refractivity contribution in [1.29, 1.82) is 0 Å². The molecule has 5 rings (SSSR count). The van der Waals surface area contributed by atoms with Crippen LogP contribution in [-0.4, -0.2) is 46.3 Å². The zero-order valence-electron chi connectivity index (χ0n) is 20.3. The highest BCUT2D eigenvalue weighted by atomic mass is 35.5. The highest BCUT2D eigenvalue weighted by molar-refractivity contribution is 6.65. The lowest BCUT2D eigenvalue weighted by Crippen LogP contribution is -2.49. The van der Waals surface area contributed by atoms with Crippen molar-refractivity contribution in [2.24, 2.45) is 0 Å². The molecule has 164 valence electrons. The number of nitrogens with zero attached hydrogens (tertiary/aromatic N) is 3. The second-order valence-electron chi connectivity index (χ2n) is 8.78. The zero-order chi connectivity index (χ0) is 24.5. The number of hydrogen-bond donors (Lipinski definition) is 0.